The maximum Gasteiger partial charge on any atom is 0.262 e. The zero-order valence-corrected chi connectivity index (χ0v) is 12.4. The highest BCUT2D eigenvalue weighted by Crippen LogP contribution is 2.24. The van der Waals surface area contributed by atoms with E-state index in [0.29, 0.717) is 11.5 Å². The third kappa shape index (κ3) is 2.87. The van der Waals surface area contributed by atoms with Crippen LogP contribution in [0.4, 0.5) is 18.9 Å². The minimum atomic E-state index is -4.14. The van der Waals surface area contributed by atoms with Crippen molar-refractivity contribution in [1.29, 1.82) is 0 Å². The van der Waals surface area contributed by atoms with Crippen LogP contribution in [0.5, 0.6) is 0 Å². The van der Waals surface area contributed by atoms with E-state index in [1.807, 2.05) is 16.9 Å². The van der Waals surface area contributed by atoms with Gasteiger partial charge in [-0.05, 0) is 35.0 Å². The summed E-state index contributed by atoms with van der Waals surface area (Å²) < 4.78 is 66.2. The molecule has 3 aromatic rings. The van der Waals surface area contributed by atoms with Gasteiger partial charge in [-0.3, -0.25) is 4.72 Å². The molecule has 0 bridgehead atoms. The maximum atomic E-state index is 13.6. The largest absolute Gasteiger partial charge is 0.277 e. The van der Waals surface area contributed by atoms with Gasteiger partial charge < -0.3 is 0 Å². The van der Waals surface area contributed by atoms with E-state index in [4.69, 9.17) is 0 Å². The van der Waals surface area contributed by atoms with Crippen molar-refractivity contribution in [2.45, 2.75) is 4.90 Å². The molecule has 0 heterocycles. The average molecular weight is 337 g/mol. The number of halogens is 3. The number of anilines is 1. The van der Waals surface area contributed by atoms with Gasteiger partial charge in [0.2, 0.25) is 0 Å². The van der Waals surface area contributed by atoms with Crippen molar-refractivity contribution >= 4 is 26.5 Å². The molecular formula is C16H10F3NO2S. The van der Waals surface area contributed by atoms with Gasteiger partial charge in [0, 0.05) is 0 Å². The second-order valence-corrected chi connectivity index (χ2v) is 6.52. The van der Waals surface area contributed by atoms with Crippen molar-refractivity contribution in [2.75, 3.05) is 4.72 Å². The Balaban J connectivity index is 2.02. The lowest BCUT2D eigenvalue weighted by molar-refractivity contribution is 0.449. The summed E-state index contributed by atoms with van der Waals surface area (Å²) in [6, 6.07) is 12.9. The van der Waals surface area contributed by atoms with Crippen LogP contribution < -0.4 is 4.72 Å². The minimum absolute atomic E-state index is 0.111. The number of fused-ring (bicyclic) bond motifs is 1. The zero-order valence-electron chi connectivity index (χ0n) is 11.6. The lowest BCUT2D eigenvalue weighted by atomic mass is 10.1. The van der Waals surface area contributed by atoms with Gasteiger partial charge in [0.25, 0.3) is 10.0 Å². The highest BCUT2D eigenvalue weighted by Gasteiger charge is 2.20. The van der Waals surface area contributed by atoms with Crippen LogP contribution in [-0.4, -0.2) is 8.42 Å². The highest BCUT2D eigenvalue weighted by atomic mass is 32.2. The van der Waals surface area contributed by atoms with E-state index >= 15 is 0 Å². The fourth-order valence-electron chi connectivity index (χ4n) is 2.14. The van der Waals surface area contributed by atoms with Gasteiger partial charge in [0.15, 0.2) is 17.5 Å². The van der Waals surface area contributed by atoms with Gasteiger partial charge in [-0.1, -0.05) is 30.3 Å². The third-order valence-electron chi connectivity index (χ3n) is 3.31. The topological polar surface area (TPSA) is 46.2 Å². The van der Waals surface area contributed by atoms with Crippen LogP contribution >= 0.6 is 0 Å². The molecule has 1 N–H and O–H groups in total. The summed E-state index contributed by atoms with van der Waals surface area (Å²) in [5, 5.41) is 1.52. The molecule has 0 saturated carbocycles. The van der Waals surface area contributed by atoms with Gasteiger partial charge in [0.1, 0.15) is 0 Å². The van der Waals surface area contributed by atoms with Crippen molar-refractivity contribution < 1.29 is 21.6 Å². The van der Waals surface area contributed by atoms with E-state index < -0.39 is 33.2 Å². The predicted octanol–water partition coefficient (Wildman–Crippen LogP) is 4.06. The van der Waals surface area contributed by atoms with Crippen molar-refractivity contribution in [3.05, 3.63) is 72.0 Å². The van der Waals surface area contributed by atoms with Crippen molar-refractivity contribution in [3.63, 3.8) is 0 Å². The van der Waals surface area contributed by atoms with Crippen LogP contribution in [0, 0.1) is 17.5 Å². The van der Waals surface area contributed by atoms with Crippen LogP contribution in [-0.2, 0) is 10.0 Å². The standard InChI is InChI=1S/C16H10F3NO2S/c17-13-7-8-14(16(19)15(13)18)20-23(21,22)12-6-5-10-3-1-2-4-11(10)9-12/h1-9,20H. The lowest BCUT2D eigenvalue weighted by Crippen LogP contribution is -2.14. The Hall–Kier alpha value is -2.54. The number of hydrogen-bond donors (Lipinski definition) is 1. The fourth-order valence-corrected chi connectivity index (χ4v) is 3.24. The molecule has 0 spiro atoms. The molecule has 0 aromatic heterocycles. The van der Waals surface area contributed by atoms with Gasteiger partial charge in [0.05, 0.1) is 10.6 Å². The molecule has 0 aliphatic heterocycles. The van der Waals surface area contributed by atoms with E-state index in [-0.39, 0.29) is 4.90 Å². The first-order valence-corrected chi connectivity index (χ1v) is 8.02. The van der Waals surface area contributed by atoms with E-state index in [2.05, 4.69) is 0 Å². The Kier molecular flexibility index (Phi) is 3.73. The van der Waals surface area contributed by atoms with Crippen molar-refractivity contribution in [2.24, 2.45) is 0 Å². The summed E-state index contributed by atoms with van der Waals surface area (Å²) >= 11 is 0. The van der Waals surface area contributed by atoms with E-state index in [9.17, 15) is 21.6 Å². The number of hydrogen-bond acceptors (Lipinski definition) is 2. The average Bonchev–Trinajstić information content (AvgIpc) is 2.55. The molecule has 0 radical (unpaired) electrons. The molecule has 7 heteroatoms. The maximum absolute atomic E-state index is 13.6. The normalized spacial score (nSPS) is 11.6. The van der Waals surface area contributed by atoms with Gasteiger partial charge in [-0.25, -0.2) is 21.6 Å². The van der Waals surface area contributed by atoms with Gasteiger partial charge >= 0.3 is 0 Å². The minimum Gasteiger partial charge on any atom is -0.277 e. The van der Waals surface area contributed by atoms with E-state index in [1.165, 1.54) is 12.1 Å². The molecule has 0 aliphatic carbocycles. The summed E-state index contributed by atoms with van der Waals surface area (Å²) in [7, 11) is -4.14. The first kappa shape index (κ1) is 15.4. The van der Waals surface area contributed by atoms with Crippen LogP contribution in [0.1, 0.15) is 0 Å². The molecule has 0 saturated heterocycles. The van der Waals surface area contributed by atoms with Crippen LogP contribution in [0.2, 0.25) is 0 Å². The molecule has 0 fully saturated rings. The van der Waals surface area contributed by atoms with Gasteiger partial charge in [-0.15, -0.1) is 0 Å². The first-order valence-electron chi connectivity index (χ1n) is 6.53. The molecular weight excluding hydrogens is 327 g/mol. The highest BCUT2D eigenvalue weighted by molar-refractivity contribution is 7.92. The molecule has 3 nitrogen and oxygen atoms in total. The van der Waals surface area contributed by atoms with Gasteiger partial charge in [-0.2, -0.15) is 0 Å². The molecule has 0 amide bonds. The second-order valence-electron chi connectivity index (χ2n) is 4.84. The molecule has 0 atom stereocenters. The number of nitrogens with one attached hydrogen (secondary N) is 1. The fraction of sp³-hybridized carbons (Fsp3) is 0. The van der Waals surface area contributed by atoms with Crippen molar-refractivity contribution in [1.82, 2.24) is 0 Å². The van der Waals surface area contributed by atoms with E-state index in [0.717, 1.165) is 11.5 Å². The third-order valence-corrected chi connectivity index (χ3v) is 4.67. The Morgan fingerprint density at radius 3 is 2.22 bits per heavy atom. The molecule has 23 heavy (non-hydrogen) atoms. The Labute approximate surface area is 130 Å². The quantitative estimate of drug-likeness (QED) is 0.733. The van der Waals surface area contributed by atoms with Crippen molar-refractivity contribution in [3.8, 4) is 0 Å². The summed E-state index contributed by atoms with van der Waals surface area (Å²) in [5.41, 5.74) is -0.656. The lowest BCUT2D eigenvalue weighted by Gasteiger charge is -2.10. The number of sulfonamides is 1. The number of rotatable bonds is 3. The Morgan fingerprint density at radius 1 is 0.783 bits per heavy atom. The molecule has 3 aromatic carbocycles. The molecule has 118 valence electrons. The number of benzene rings is 3. The summed E-state index contributed by atoms with van der Waals surface area (Å²) in [4.78, 5) is -0.111. The smallest absolute Gasteiger partial charge is 0.262 e. The Morgan fingerprint density at radius 2 is 1.48 bits per heavy atom. The van der Waals surface area contributed by atoms with Crippen LogP contribution in [0.3, 0.4) is 0 Å². The molecule has 0 aliphatic rings. The SMILES string of the molecule is O=S(=O)(Nc1ccc(F)c(F)c1F)c1ccc2ccccc2c1. The van der Waals surface area contributed by atoms with Crippen LogP contribution in [0.15, 0.2) is 59.5 Å². The predicted molar refractivity (Wildman–Crippen MR) is 81.1 cm³/mol. The summed E-state index contributed by atoms with van der Waals surface area (Å²) in [6.07, 6.45) is 0. The monoisotopic (exact) mass is 337 g/mol. The second kappa shape index (κ2) is 5.58. The summed E-state index contributed by atoms with van der Waals surface area (Å²) in [5.74, 6) is -4.71. The first-order chi connectivity index (χ1) is 10.9. The summed E-state index contributed by atoms with van der Waals surface area (Å²) in [6.45, 7) is 0. The van der Waals surface area contributed by atoms with Crippen LogP contribution in [0.25, 0.3) is 10.8 Å². The molecule has 3 rings (SSSR count). The zero-order chi connectivity index (χ0) is 16.6. The molecule has 0 unspecified atom stereocenters. The van der Waals surface area contributed by atoms with E-state index in [1.54, 1.807) is 18.2 Å². The Bertz CT molecular complexity index is 1000.